The van der Waals surface area contributed by atoms with Crippen LogP contribution in [0, 0.1) is 5.92 Å². The number of aliphatic hydroxyl groups is 1. The molecule has 0 heterocycles. The monoisotopic (exact) mass is 158 g/mol. The van der Waals surface area contributed by atoms with E-state index >= 15 is 0 Å². The molecule has 0 aromatic rings. The summed E-state index contributed by atoms with van der Waals surface area (Å²) in [6.07, 6.45) is 1.42. The topological polar surface area (TPSA) is 29.5 Å². The molecule has 0 bridgehead atoms. The molecule has 2 heteroatoms. The van der Waals surface area contributed by atoms with Gasteiger partial charge in [0.2, 0.25) is 0 Å². The molecule has 1 N–H and O–H groups in total. The lowest BCUT2D eigenvalue weighted by Crippen LogP contribution is -2.07. The molecule has 0 saturated carbocycles. The Labute approximate surface area is 68.9 Å². The smallest absolute Gasteiger partial charge is 0.0886 e. The number of rotatable bonds is 5. The van der Waals surface area contributed by atoms with E-state index in [2.05, 4.69) is 13.5 Å². The Morgan fingerprint density at radius 1 is 1.55 bits per heavy atom. The largest absolute Gasteiger partial charge is 0.502 e. The predicted molar refractivity (Wildman–Crippen MR) is 46.2 cm³/mol. The van der Waals surface area contributed by atoms with Gasteiger partial charge in [0.15, 0.2) is 0 Å². The van der Waals surface area contributed by atoms with E-state index in [1.54, 1.807) is 14.0 Å². The fraction of sp³-hybridized carbons (Fsp3) is 0.778. The van der Waals surface area contributed by atoms with Crippen LogP contribution in [0.3, 0.4) is 0 Å². The zero-order valence-electron chi connectivity index (χ0n) is 7.63. The van der Waals surface area contributed by atoms with Crippen molar-refractivity contribution >= 4 is 0 Å². The third-order valence-electron chi connectivity index (χ3n) is 1.61. The summed E-state index contributed by atoms with van der Waals surface area (Å²) < 4.78 is 4.93. The van der Waals surface area contributed by atoms with E-state index < -0.39 is 0 Å². The highest BCUT2D eigenvalue weighted by Crippen LogP contribution is 2.15. The lowest BCUT2D eigenvalue weighted by atomic mass is 10.0. The van der Waals surface area contributed by atoms with Gasteiger partial charge in [0, 0.05) is 6.42 Å². The number of hydrogen-bond donors (Lipinski definition) is 1. The maximum absolute atomic E-state index is 9.04. The van der Waals surface area contributed by atoms with Gasteiger partial charge in [-0.05, 0) is 19.3 Å². The standard InChI is InChI=1S/C9H18O2/c1-7(5-8(2)10)6-9(3)11-4/h7-8,10H,3,5-6H2,1-2,4H3. The highest BCUT2D eigenvalue weighted by atomic mass is 16.5. The molecule has 0 aliphatic rings. The first kappa shape index (κ1) is 10.5. The summed E-state index contributed by atoms with van der Waals surface area (Å²) in [7, 11) is 1.62. The minimum absolute atomic E-state index is 0.227. The number of methoxy groups -OCH3 is 1. The summed E-state index contributed by atoms with van der Waals surface area (Å²) >= 11 is 0. The SMILES string of the molecule is C=C(CC(C)CC(C)O)OC. The van der Waals surface area contributed by atoms with Crippen molar-refractivity contribution in [3.05, 3.63) is 12.3 Å². The summed E-state index contributed by atoms with van der Waals surface area (Å²) in [5.74, 6) is 1.24. The third-order valence-corrected chi connectivity index (χ3v) is 1.61. The quantitative estimate of drug-likeness (QED) is 0.620. The first-order valence-corrected chi connectivity index (χ1v) is 3.96. The van der Waals surface area contributed by atoms with E-state index in [1.807, 2.05) is 0 Å². The van der Waals surface area contributed by atoms with Gasteiger partial charge >= 0.3 is 0 Å². The summed E-state index contributed by atoms with van der Waals surface area (Å²) in [6.45, 7) is 7.59. The van der Waals surface area contributed by atoms with Crippen LogP contribution in [0.1, 0.15) is 26.7 Å². The van der Waals surface area contributed by atoms with Crippen molar-refractivity contribution < 1.29 is 9.84 Å². The second kappa shape index (κ2) is 5.19. The van der Waals surface area contributed by atoms with E-state index in [0.29, 0.717) is 5.92 Å². The normalized spacial score (nSPS) is 15.6. The maximum Gasteiger partial charge on any atom is 0.0886 e. The van der Waals surface area contributed by atoms with Crippen molar-refractivity contribution in [3.8, 4) is 0 Å². The summed E-state index contributed by atoms with van der Waals surface area (Å²) in [4.78, 5) is 0. The average molecular weight is 158 g/mol. The van der Waals surface area contributed by atoms with Gasteiger partial charge in [-0.1, -0.05) is 13.5 Å². The van der Waals surface area contributed by atoms with Crippen molar-refractivity contribution in [2.75, 3.05) is 7.11 Å². The molecule has 2 nitrogen and oxygen atoms in total. The van der Waals surface area contributed by atoms with Crippen molar-refractivity contribution in [2.45, 2.75) is 32.8 Å². The molecule has 0 amide bonds. The van der Waals surface area contributed by atoms with Gasteiger partial charge in [0.1, 0.15) is 0 Å². The summed E-state index contributed by atoms with van der Waals surface area (Å²) in [5, 5.41) is 9.04. The van der Waals surface area contributed by atoms with Crippen molar-refractivity contribution in [1.82, 2.24) is 0 Å². The molecular formula is C9H18O2. The van der Waals surface area contributed by atoms with Crippen LogP contribution in [0.5, 0.6) is 0 Å². The lowest BCUT2D eigenvalue weighted by Gasteiger charge is -2.13. The zero-order chi connectivity index (χ0) is 8.85. The van der Waals surface area contributed by atoms with E-state index in [4.69, 9.17) is 9.84 Å². The number of hydrogen-bond acceptors (Lipinski definition) is 2. The fourth-order valence-corrected chi connectivity index (χ4v) is 1.14. The van der Waals surface area contributed by atoms with Crippen LogP contribution in [-0.2, 0) is 4.74 Å². The Balaban J connectivity index is 3.51. The van der Waals surface area contributed by atoms with Gasteiger partial charge in [0.05, 0.1) is 19.0 Å². The molecule has 0 aliphatic heterocycles. The highest BCUT2D eigenvalue weighted by molar-refractivity contribution is 4.83. The molecule has 0 radical (unpaired) electrons. The summed E-state index contributed by atoms with van der Waals surface area (Å²) in [6, 6.07) is 0. The third kappa shape index (κ3) is 5.92. The molecular weight excluding hydrogens is 140 g/mol. The van der Waals surface area contributed by atoms with Gasteiger partial charge < -0.3 is 9.84 Å². The van der Waals surface area contributed by atoms with Gasteiger partial charge in [-0.2, -0.15) is 0 Å². The molecule has 0 saturated heterocycles. The minimum atomic E-state index is -0.227. The van der Waals surface area contributed by atoms with Gasteiger partial charge in [-0.3, -0.25) is 0 Å². The predicted octanol–water partition coefficient (Wildman–Crippen LogP) is 1.94. The molecule has 2 atom stereocenters. The Morgan fingerprint density at radius 2 is 2.09 bits per heavy atom. The van der Waals surface area contributed by atoms with E-state index in [1.165, 1.54) is 0 Å². The number of ether oxygens (including phenoxy) is 1. The molecule has 11 heavy (non-hydrogen) atoms. The molecule has 0 fully saturated rings. The van der Waals surface area contributed by atoms with E-state index in [-0.39, 0.29) is 6.10 Å². The first-order valence-electron chi connectivity index (χ1n) is 3.96. The van der Waals surface area contributed by atoms with Crippen molar-refractivity contribution in [2.24, 2.45) is 5.92 Å². The minimum Gasteiger partial charge on any atom is -0.502 e. The fourth-order valence-electron chi connectivity index (χ4n) is 1.14. The highest BCUT2D eigenvalue weighted by Gasteiger charge is 2.07. The molecule has 0 rings (SSSR count). The molecule has 0 aromatic heterocycles. The van der Waals surface area contributed by atoms with Crippen LogP contribution in [0.2, 0.25) is 0 Å². The summed E-state index contributed by atoms with van der Waals surface area (Å²) in [5.41, 5.74) is 0. The number of aliphatic hydroxyl groups excluding tert-OH is 1. The maximum atomic E-state index is 9.04. The van der Waals surface area contributed by atoms with Crippen molar-refractivity contribution in [3.63, 3.8) is 0 Å². The van der Waals surface area contributed by atoms with Crippen LogP contribution in [-0.4, -0.2) is 18.3 Å². The average Bonchev–Trinajstić information content (AvgIpc) is 1.85. The lowest BCUT2D eigenvalue weighted by molar-refractivity contribution is 0.157. The van der Waals surface area contributed by atoms with Crippen LogP contribution < -0.4 is 0 Å². The second-order valence-corrected chi connectivity index (χ2v) is 3.14. The van der Waals surface area contributed by atoms with E-state index in [9.17, 15) is 0 Å². The Hall–Kier alpha value is -0.500. The van der Waals surface area contributed by atoms with Crippen LogP contribution in [0.4, 0.5) is 0 Å². The Kier molecular flexibility index (Phi) is 4.95. The zero-order valence-corrected chi connectivity index (χ0v) is 7.63. The number of allylic oxidation sites excluding steroid dienone is 1. The first-order chi connectivity index (χ1) is 5.06. The second-order valence-electron chi connectivity index (χ2n) is 3.14. The Morgan fingerprint density at radius 3 is 2.45 bits per heavy atom. The molecule has 0 spiro atoms. The van der Waals surface area contributed by atoms with E-state index in [0.717, 1.165) is 18.6 Å². The van der Waals surface area contributed by atoms with Crippen LogP contribution in [0.25, 0.3) is 0 Å². The Bertz CT molecular complexity index is 119. The van der Waals surface area contributed by atoms with Crippen LogP contribution in [0.15, 0.2) is 12.3 Å². The van der Waals surface area contributed by atoms with Gasteiger partial charge in [0.25, 0.3) is 0 Å². The van der Waals surface area contributed by atoms with Crippen molar-refractivity contribution in [1.29, 1.82) is 0 Å². The molecule has 66 valence electrons. The molecule has 0 aliphatic carbocycles. The molecule has 2 unspecified atom stereocenters. The van der Waals surface area contributed by atoms with Gasteiger partial charge in [-0.15, -0.1) is 0 Å². The molecule has 0 aromatic carbocycles. The van der Waals surface area contributed by atoms with Gasteiger partial charge in [-0.25, -0.2) is 0 Å². The van der Waals surface area contributed by atoms with Crippen LogP contribution >= 0.6 is 0 Å².